The van der Waals surface area contributed by atoms with E-state index in [0.717, 1.165) is 12.8 Å². The largest absolute Gasteiger partial charge is 0.480 e. The second kappa shape index (κ2) is 6.39. The summed E-state index contributed by atoms with van der Waals surface area (Å²) >= 11 is 0. The van der Waals surface area contributed by atoms with Gasteiger partial charge in [-0.3, -0.25) is 14.3 Å². The van der Waals surface area contributed by atoms with Gasteiger partial charge in [0, 0.05) is 19.0 Å². The molecular weight excluding hydrogens is 272 g/mol. The van der Waals surface area contributed by atoms with Crippen LogP contribution in [0.2, 0.25) is 0 Å². The number of carbonyl (C=O) groups is 2. The van der Waals surface area contributed by atoms with E-state index >= 15 is 0 Å². The highest BCUT2D eigenvalue weighted by Gasteiger charge is 2.48. The summed E-state index contributed by atoms with van der Waals surface area (Å²) in [7, 11) is 0. The number of ketones is 1. The van der Waals surface area contributed by atoms with Gasteiger partial charge < -0.3 is 9.84 Å². The maximum absolute atomic E-state index is 12.1. The SMILES string of the molecule is CCC(CC)n1ccc(CC2(C(=O)O)COCCC2=O)n1. The Morgan fingerprint density at radius 3 is 2.81 bits per heavy atom. The maximum atomic E-state index is 12.1. The van der Waals surface area contributed by atoms with Gasteiger partial charge in [0.15, 0.2) is 11.2 Å². The number of carboxylic acid groups (broad SMARTS) is 1. The lowest BCUT2D eigenvalue weighted by molar-refractivity contribution is -0.164. The van der Waals surface area contributed by atoms with Gasteiger partial charge in [-0.15, -0.1) is 0 Å². The molecule has 1 aromatic heterocycles. The Kier molecular flexibility index (Phi) is 4.77. The zero-order chi connectivity index (χ0) is 15.5. The zero-order valence-corrected chi connectivity index (χ0v) is 12.5. The van der Waals surface area contributed by atoms with Crippen molar-refractivity contribution >= 4 is 11.8 Å². The fourth-order valence-electron chi connectivity index (χ4n) is 2.78. The third kappa shape index (κ3) is 3.00. The number of ether oxygens (including phenoxy) is 1. The van der Waals surface area contributed by atoms with Crippen LogP contribution >= 0.6 is 0 Å². The molecule has 2 rings (SSSR count). The van der Waals surface area contributed by atoms with Crippen LogP contribution < -0.4 is 0 Å². The Hall–Kier alpha value is -1.69. The highest BCUT2D eigenvalue weighted by molar-refractivity contribution is 6.04. The quantitative estimate of drug-likeness (QED) is 0.810. The molecule has 0 amide bonds. The average molecular weight is 294 g/mol. The van der Waals surface area contributed by atoms with Crippen molar-refractivity contribution in [1.29, 1.82) is 0 Å². The summed E-state index contributed by atoms with van der Waals surface area (Å²) in [6, 6.07) is 2.10. The van der Waals surface area contributed by atoms with Gasteiger partial charge in [0.2, 0.25) is 0 Å². The molecule has 0 aliphatic carbocycles. The van der Waals surface area contributed by atoms with Crippen LogP contribution in [-0.2, 0) is 20.7 Å². The first-order chi connectivity index (χ1) is 10.0. The van der Waals surface area contributed by atoms with Crippen molar-refractivity contribution in [2.75, 3.05) is 13.2 Å². The second-order valence-corrected chi connectivity index (χ2v) is 5.55. The fourth-order valence-corrected chi connectivity index (χ4v) is 2.78. The summed E-state index contributed by atoms with van der Waals surface area (Å²) < 4.78 is 7.11. The van der Waals surface area contributed by atoms with E-state index in [1.54, 1.807) is 6.07 Å². The first-order valence-corrected chi connectivity index (χ1v) is 7.42. The second-order valence-electron chi connectivity index (χ2n) is 5.55. The Balaban J connectivity index is 2.22. The maximum Gasteiger partial charge on any atom is 0.319 e. The van der Waals surface area contributed by atoms with Crippen molar-refractivity contribution < 1.29 is 19.4 Å². The van der Waals surface area contributed by atoms with Crippen molar-refractivity contribution in [2.24, 2.45) is 5.41 Å². The molecule has 116 valence electrons. The summed E-state index contributed by atoms with van der Waals surface area (Å²) in [5.41, 5.74) is -0.853. The normalized spacial score (nSPS) is 22.7. The average Bonchev–Trinajstić information content (AvgIpc) is 2.91. The molecule has 1 unspecified atom stereocenters. The van der Waals surface area contributed by atoms with E-state index in [1.807, 2.05) is 10.9 Å². The van der Waals surface area contributed by atoms with Crippen LogP contribution in [0.5, 0.6) is 0 Å². The Morgan fingerprint density at radius 2 is 2.24 bits per heavy atom. The number of aromatic nitrogens is 2. The number of carboxylic acids is 1. The number of hydrogen-bond donors (Lipinski definition) is 1. The molecule has 0 saturated carbocycles. The minimum absolute atomic E-state index is 0.0704. The molecule has 0 spiro atoms. The summed E-state index contributed by atoms with van der Waals surface area (Å²) in [5.74, 6) is -1.39. The predicted molar refractivity (Wildman–Crippen MR) is 76.1 cm³/mol. The summed E-state index contributed by atoms with van der Waals surface area (Å²) in [4.78, 5) is 23.7. The molecule has 0 bridgehead atoms. The van der Waals surface area contributed by atoms with E-state index in [0.29, 0.717) is 18.3 Å². The molecule has 1 aliphatic heterocycles. The van der Waals surface area contributed by atoms with Gasteiger partial charge >= 0.3 is 5.97 Å². The number of hydrogen-bond acceptors (Lipinski definition) is 4. The molecule has 1 aliphatic rings. The molecule has 1 atom stereocenters. The molecule has 1 N–H and O–H groups in total. The molecule has 1 aromatic rings. The molecule has 6 nitrogen and oxygen atoms in total. The number of carbonyl (C=O) groups excluding carboxylic acids is 1. The topological polar surface area (TPSA) is 81.4 Å². The highest BCUT2D eigenvalue weighted by atomic mass is 16.5. The van der Waals surface area contributed by atoms with Gasteiger partial charge in [0.1, 0.15) is 0 Å². The smallest absolute Gasteiger partial charge is 0.319 e. The third-order valence-corrected chi connectivity index (χ3v) is 4.23. The van der Waals surface area contributed by atoms with Gasteiger partial charge in [-0.2, -0.15) is 5.10 Å². The summed E-state index contributed by atoms with van der Waals surface area (Å²) in [6.45, 7) is 4.41. The van der Waals surface area contributed by atoms with Gasteiger partial charge in [-0.05, 0) is 18.9 Å². The van der Waals surface area contributed by atoms with Crippen molar-refractivity contribution in [2.45, 2.75) is 45.6 Å². The minimum Gasteiger partial charge on any atom is -0.480 e. The monoisotopic (exact) mass is 294 g/mol. The van der Waals surface area contributed by atoms with E-state index in [-0.39, 0.29) is 25.2 Å². The Bertz CT molecular complexity index is 521. The van der Waals surface area contributed by atoms with Crippen LogP contribution in [-0.4, -0.2) is 39.9 Å². The molecule has 0 radical (unpaired) electrons. The molecule has 2 heterocycles. The number of aliphatic carboxylic acids is 1. The van der Waals surface area contributed by atoms with E-state index in [9.17, 15) is 14.7 Å². The number of Topliss-reactive ketones (excluding diaryl/α,β-unsaturated/α-hetero) is 1. The number of rotatable bonds is 6. The fraction of sp³-hybridized carbons (Fsp3) is 0.667. The van der Waals surface area contributed by atoms with Crippen LogP contribution in [0.3, 0.4) is 0 Å². The summed E-state index contributed by atoms with van der Waals surface area (Å²) in [6.07, 6.45) is 4.03. The molecule has 21 heavy (non-hydrogen) atoms. The van der Waals surface area contributed by atoms with Crippen LogP contribution in [0, 0.1) is 5.41 Å². The van der Waals surface area contributed by atoms with Gasteiger partial charge in [-0.1, -0.05) is 13.8 Å². The lowest BCUT2D eigenvalue weighted by Crippen LogP contribution is -2.48. The first-order valence-electron chi connectivity index (χ1n) is 7.42. The van der Waals surface area contributed by atoms with Crippen LogP contribution in [0.15, 0.2) is 12.3 Å². The van der Waals surface area contributed by atoms with Crippen molar-refractivity contribution in [3.63, 3.8) is 0 Å². The first kappa shape index (κ1) is 15.7. The van der Waals surface area contributed by atoms with E-state index in [2.05, 4.69) is 18.9 Å². The summed E-state index contributed by atoms with van der Waals surface area (Å²) in [5, 5.41) is 13.9. The molecular formula is C15H22N2O4. The Morgan fingerprint density at radius 1 is 1.52 bits per heavy atom. The van der Waals surface area contributed by atoms with Crippen LogP contribution in [0.1, 0.15) is 44.8 Å². The number of nitrogens with zero attached hydrogens (tertiary/aromatic N) is 2. The molecule has 1 saturated heterocycles. The van der Waals surface area contributed by atoms with Gasteiger partial charge in [-0.25, -0.2) is 0 Å². The zero-order valence-electron chi connectivity index (χ0n) is 12.5. The van der Waals surface area contributed by atoms with Crippen LogP contribution in [0.25, 0.3) is 0 Å². The van der Waals surface area contributed by atoms with Gasteiger partial charge in [0.25, 0.3) is 0 Å². The van der Waals surface area contributed by atoms with Crippen LogP contribution in [0.4, 0.5) is 0 Å². The standard InChI is InChI=1S/C15H22N2O4/c1-3-12(4-2)17-7-5-11(16-17)9-15(14(19)20)10-21-8-6-13(15)18/h5,7,12H,3-4,6,8-10H2,1-2H3,(H,19,20). The van der Waals surface area contributed by atoms with E-state index in [4.69, 9.17) is 4.74 Å². The lowest BCUT2D eigenvalue weighted by atomic mass is 9.77. The lowest BCUT2D eigenvalue weighted by Gasteiger charge is -2.30. The molecule has 0 aromatic carbocycles. The van der Waals surface area contributed by atoms with E-state index < -0.39 is 11.4 Å². The van der Waals surface area contributed by atoms with Crippen molar-refractivity contribution in [3.8, 4) is 0 Å². The Labute approximate surface area is 124 Å². The van der Waals surface area contributed by atoms with Crippen molar-refractivity contribution in [3.05, 3.63) is 18.0 Å². The van der Waals surface area contributed by atoms with E-state index in [1.165, 1.54) is 0 Å². The predicted octanol–water partition coefficient (Wildman–Crippen LogP) is 1.85. The van der Waals surface area contributed by atoms with Gasteiger partial charge in [0.05, 0.1) is 24.9 Å². The third-order valence-electron chi connectivity index (χ3n) is 4.23. The highest BCUT2D eigenvalue weighted by Crippen LogP contribution is 2.30. The van der Waals surface area contributed by atoms with Crippen molar-refractivity contribution in [1.82, 2.24) is 9.78 Å². The molecule has 1 fully saturated rings. The minimum atomic E-state index is -1.48. The molecule has 6 heteroatoms.